The number of nitrogens with zero attached hydrogens (tertiary/aromatic N) is 1. The predicted octanol–water partition coefficient (Wildman–Crippen LogP) is 5.39. The number of ether oxygens (including phenoxy) is 1. The van der Waals surface area contributed by atoms with Crippen LogP contribution in [0.15, 0.2) is 54.7 Å². The molecule has 6 nitrogen and oxygen atoms in total. The molecule has 31 heavy (non-hydrogen) atoms. The zero-order valence-electron chi connectivity index (χ0n) is 17.6. The molecule has 1 aliphatic rings. The van der Waals surface area contributed by atoms with E-state index >= 15 is 0 Å². The molecule has 0 spiro atoms. The summed E-state index contributed by atoms with van der Waals surface area (Å²) >= 11 is 0. The third-order valence-corrected chi connectivity index (χ3v) is 5.17. The maximum Gasteiger partial charge on any atom is 0.345 e. The summed E-state index contributed by atoms with van der Waals surface area (Å²) in [5, 5.41) is 15.4. The van der Waals surface area contributed by atoms with Crippen LogP contribution in [0, 0.1) is 5.82 Å². The van der Waals surface area contributed by atoms with E-state index in [1.807, 2.05) is 30.3 Å². The fraction of sp³-hybridized carbons (Fsp3) is 0.250. The SMILES string of the molecule is CC(C)(C)c1ccc(Nc2cc(Nc3ccc4c(c3)CC(C(=O)O)O4)ncc2F)cc1. The van der Waals surface area contributed by atoms with Crippen LogP contribution in [0.25, 0.3) is 0 Å². The maximum absolute atomic E-state index is 14.3. The first-order chi connectivity index (χ1) is 14.7. The molecule has 160 valence electrons. The number of carboxylic acids is 1. The smallest absolute Gasteiger partial charge is 0.345 e. The average molecular weight is 421 g/mol. The Morgan fingerprint density at radius 1 is 1.10 bits per heavy atom. The Bertz CT molecular complexity index is 1120. The van der Waals surface area contributed by atoms with E-state index in [0.29, 0.717) is 29.4 Å². The summed E-state index contributed by atoms with van der Waals surface area (Å²) in [5.74, 6) is -0.427. The molecule has 1 aromatic heterocycles. The van der Waals surface area contributed by atoms with Crippen LogP contribution in [0.1, 0.15) is 31.9 Å². The fourth-order valence-electron chi connectivity index (χ4n) is 3.42. The van der Waals surface area contributed by atoms with Gasteiger partial charge in [0, 0.05) is 29.4 Å². The van der Waals surface area contributed by atoms with Gasteiger partial charge in [-0.15, -0.1) is 0 Å². The third kappa shape index (κ3) is 4.60. The van der Waals surface area contributed by atoms with Crippen LogP contribution in [0.3, 0.4) is 0 Å². The number of benzene rings is 2. The minimum atomic E-state index is -0.989. The molecule has 3 aromatic rings. The number of halogens is 1. The van der Waals surface area contributed by atoms with E-state index < -0.39 is 17.9 Å². The molecule has 0 saturated carbocycles. The summed E-state index contributed by atoms with van der Waals surface area (Å²) in [4.78, 5) is 15.2. The Morgan fingerprint density at radius 3 is 2.48 bits per heavy atom. The highest BCUT2D eigenvalue weighted by atomic mass is 19.1. The summed E-state index contributed by atoms with van der Waals surface area (Å²) in [6.45, 7) is 6.43. The van der Waals surface area contributed by atoms with Crippen LogP contribution in [0.4, 0.5) is 27.3 Å². The Hall–Kier alpha value is -3.61. The minimum absolute atomic E-state index is 0.0446. The standard InChI is InChI=1S/C24H24FN3O3/c1-24(2,3)15-4-6-16(7-5-15)27-19-12-22(26-13-18(19)25)28-17-8-9-20-14(10-17)11-21(31-20)23(29)30/h4-10,12-13,21H,11H2,1-3H3,(H,29,30)(H2,26,27,28). The number of nitrogens with one attached hydrogen (secondary N) is 2. The second-order valence-electron chi connectivity index (χ2n) is 8.60. The number of hydrogen-bond acceptors (Lipinski definition) is 5. The molecule has 0 bridgehead atoms. The van der Waals surface area contributed by atoms with E-state index in [-0.39, 0.29) is 5.41 Å². The number of rotatable bonds is 5. The highest BCUT2D eigenvalue weighted by molar-refractivity contribution is 5.75. The van der Waals surface area contributed by atoms with Crippen molar-refractivity contribution >= 4 is 28.8 Å². The van der Waals surface area contributed by atoms with Gasteiger partial charge in [-0.25, -0.2) is 14.2 Å². The molecule has 0 aliphatic carbocycles. The van der Waals surface area contributed by atoms with E-state index in [2.05, 4.69) is 36.4 Å². The van der Waals surface area contributed by atoms with Gasteiger partial charge in [-0.05, 0) is 41.3 Å². The van der Waals surface area contributed by atoms with Crippen LogP contribution in [0.2, 0.25) is 0 Å². The molecule has 2 heterocycles. The lowest BCUT2D eigenvalue weighted by Gasteiger charge is -2.19. The highest BCUT2D eigenvalue weighted by Crippen LogP contribution is 2.33. The Morgan fingerprint density at radius 2 is 1.81 bits per heavy atom. The number of anilines is 4. The van der Waals surface area contributed by atoms with Crippen molar-refractivity contribution in [3.8, 4) is 5.75 Å². The second kappa shape index (κ2) is 7.91. The van der Waals surface area contributed by atoms with E-state index in [9.17, 15) is 9.18 Å². The van der Waals surface area contributed by atoms with Gasteiger partial charge in [-0.2, -0.15) is 0 Å². The molecule has 3 N–H and O–H groups in total. The summed E-state index contributed by atoms with van der Waals surface area (Å²) in [7, 11) is 0. The summed E-state index contributed by atoms with van der Waals surface area (Å²) in [6.07, 6.45) is 0.592. The van der Waals surface area contributed by atoms with Crippen molar-refractivity contribution in [1.29, 1.82) is 0 Å². The first-order valence-electron chi connectivity index (χ1n) is 10.0. The number of hydrogen-bond donors (Lipinski definition) is 3. The molecule has 1 unspecified atom stereocenters. The molecule has 1 aliphatic heterocycles. The first kappa shape index (κ1) is 20.7. The minimum Gasteiger partial charge on any atom is -0.478 e. The zero-order chi connectivity index (χ0) is 22.2. The van der Waals surface area contributed by atoms with Gasteiger partial charge in [0.25, 0.3) is 0 Å². The van der Waals surface area contributed by atoms with Crippen molar-refractivity contribution in [3.63, 3.8) is 0 Å². The lowest BCUT2D eigenvalue weighted by atomic mass is 9.87. The largest absolute Gasteiger partial charge is 0.478 e. The molecule has 7 heteroatoms. The fourth-order valence-corrected chi connectivity index (χ4v) is 3.42. The quantitative estimate of drug-likeness (QED) is 0.512. The van der Waals surface area contributed by atoms with Crippen molar-refractivity contribution in [1.82, 2.24) is 4.98 Å². The summed E-state index contributed by atoms with van der Waals surface area (Å²) < 4.78 is 19.7. The van der Waals surface area contributed by atoms with Crippen LogP contribution in [-0.2, 0) is 16.6 Å². The van der Waals surface area contributed by atoms with Gasteiger partial charge >= 0.3 is 5.97 Å². The number of carbonyl (C=O) groups is 1. The van der Waals surface area contributed by atoms with Crippen LogP contribution in [-0.4, -0.2) is 22.2 Å². The molecule has 0 saturated heterocycles. The van der Waals surface area contributed by atoms with Gasteiger partial charge in [0.1, 0.15) is 11.6 Å². The van der Waals surface area contributed by atoms with Crippen molar-refractivity contribution < 1.29 is 19.0 Å². The van der Waals surface area contributed by atoms with Gasteiger partial charge in [-0.1, -0.05) is 32.9 Å². The summed E-state index contributed by atoms with van der Waals surface area (Å²) in [6, 6.07) is 14.8. The number of carboxylic acid groups (broad SMARTS) is 1. The number of aromatic nitrogens is 1. The monoisotopic (exact) mass is 421 g/mol. The van der Waals surface area contributed by atoms with Crippen molar-refractivity contribution in [2.45, 2.75) is 38.7 Å². The van der Waals surface area contributed by atoms with Gasteiger partial charge in [0.05, 0.1) is 11.9 Å². The van der Waals surface area contributed by atoms with Gasteiger partial charge in [0.2, 0.25) is 0 Å². The number of pyridine rings is 1. The van der Waals surface area contributed by atoms with Gasteiger partial charge in [0.15, 0.2) is 11.9 Å². The Kier molecular flexibility index (Phi) is 5.27. The van der Waals surface area contributed by atoms with Crippen molar-refractivity contribution in [2.75, 3.05) is 10.6 Å². The molecule has 0 amide bonds. The zero-order valence-corrected chi connectivity index (χ0v) is 17.6. The average Bonchev–Trinajstić information content (AvgIpc) is 3.14. The second-order valence-corrected chi connectivity index (χ2v) is 8.60. The number of aliphatic carboxylic acids is 1. The van der Waals surface area contributed by atoms with E-state index in [0.717, 1.165) is 17.4 Å². The predicted molar refractivity (Wildman–Crippen MR) is 118 cm³/mol. The Labute approximate surface area is 180 Å². The van der Waals surface area contributed by atoms with Gasteiger partial charge < -0.3 is 20.5 Å². The molecule has 0 radical (unpaired) electrons. The maximum atomic E-state index is 14.3. The van der Waals surface area contributed by atoms with Crippen molar-refractivity contribution in [2.24, 2.45) is 0 Å². The van der Waals surface area contributed by atoms with Crippen molar-refractivity contribution in [3.05, 3.63) is 71.7 Å². The van der Waals surface area contributed by atoms with E-state index in [1.54, 1.807) is 18.2 Å². The third-order valence-electron chi connectivity index (χ3n) is 5.17. The molecular weight excluding hydrogens is 397 g/mol. The highest BCUT2D eigenvalue weighted by Gasteiger charge is 2.28. The van der Waals surface area contributed by atoms with Crippen LogP contribution >= 0.6 is 0 Å². The van der Waals surface area contributed by atoms with Gasteiger partial charge in [-0.3, -0.25) is 0 Å². The van der Waals surface area contributed by atoms with E-state index in [1.165, 1.54) is 5.56 Å². The topological polar surface area (TPSA) is 83.5 Å². The van der Waals surface area contributed by atoms with E-state index in [4.69, 9.17) is 9.84 Å². The lowest BCUT2D eigenvalue weighted by Crippen LogP contribution is -2.24. The molecule has 1 atom stereocenters. The molecular formula is C24H24FN3O3. The first-order valence-corrected chi connectivity index (χ1v) is 10.0. The lowest BCUT2D eigenvalue weighted by molar-refractivity contribution is -0.144. The molecule has 2 aromatic carbocycles. The normalized spacial score (nSPS) is 15.2. The molecule has 4 rings (SSSR count). The summed E-state index contributed by atoms with van der Waals surface area (Å²) in [5.41, 5.74) is 3.84. The Balaban J connectivity index is 1.50. The van der Waals surface area contributed by atoms with Crippen LogP contribution < -0.4 is 15.4 Å². The van der Waals surface area contributed by atoms with Crippen LogP contribution in [0.5, 0.6) is 5.75 Å². The molecule has 0 fully saturated rings. The number of fused-ring (bicyclic) bond motifs is 1.